The van der Waals surface area contributed by atoms with Crippen molar-refractivity contribution in [1.29, 1.82) is 0 Å². The SMILES string of the molecule is CC(=O)NNC(=O)c1cn(-c2cccc(Br)c2)cn1.CCOC(=O)c1cn(-c2cccc(Br)c2)cn1.Cc1cn(-c2cccc(Br)c2)cn1.Cc1nnc(-c2cn(-c3cccc(Br)c3)cn2)o1.O=C(O)c1cn(-c2cccc(Br)c2)cn1. The Balaban J connectivity index is 0.000000148. The lowest BCUT2D eigenvalue weighted by molar-refractivity contribution is -0.119. The molecule has 0 aliphatic carbocycles. The Labute approximate surface area is 511 Å². The molecule has 0 atom stereocenters. The number of hydrogen-bond acceptors (Lipinski definition) is 13. The first kappa shape index (κ1) is 61.2. The fraction of sp³-hybridized carbons (Fsp3) is 0.0893. The number of aromatic carboxylic acids is 1. The number of hydrogen-bond donors (Lipinski definition) is 3. The smallest absolute Gasteiger partial charge is 0.358 e. The lowest BCUT2D eigenvalue weighted by Gasteiger charge is -2.02. The van der Waals surface area contributed by atoms with Gasteiger partial charge in [0.05, 0.1) is 18.6 Å². The van der Waals surface area contributed by atoms with Gasteiger partial charge in [0, 0.05) is 95.6 Å². The Bertz CT molecular complexity index is 3940. The third-order valence-electron chi connectivity index (χ3n) is 10.6. The van der Waals surface area contributed by atoms with E-state index in [0.717, 1.165) is 56.5 Å². The molecule has 0 radical (unpaired) electrons. The highest BCUT2D eigenvalue weighted by atomic mass is 79.9. The Morgan fingerprint density at radius 1 is 0.512 bits per heavy atom. The van der Waals surface area contributed by atoms with Gasteiger partial charge in [-0.15, -0.1) is 10.2 Å². The summed E-state index contributed by atoms with van der Waals surface area (Å²) in [4.78, 5) is 64.6. The van der Waals surface area contributed by atoms with E-state index in [1.807, 2.05) is 150 Å². The molecule has 0 aliphatic heterocycles. The number of aromatic nitrogens is 12. The number of carbonyl (C=O) groups excluding carboxylic acids is 3. The van der Waals surface area contributed by atoms with Crippen molar-refractivity contribution < 1.29 is 33.4 Å². The second-order valence-electron chi connectivity index (χ2n) is 16.8. The average molecular weight is 1430 g/mol. The quantitative estimate of drug-likeness (QED) is 0.0851. The number of amides is 2. The summed E-state index contributed by atoms with van der Waals surface area (Å²) in [6, 6.07) is 38.9. The maximum Gasteiger partial charge on any atom is 0.358 e. The predicted octanol–water partition coefficient (Wildman–Crippen LogP) is 12.5. The van der Waals surface area contributed by atoms with Crippen LogP contribution in [0.1, 0.15) is 56.9 Å². The molecule has 0 fully saturated rings. The fourth-order valence-corrected chi connectivity index (χ4v) is 8.80. The number of carbonyl (C=O) groups is 4. The molecule has 5 aromatic carbocycles. The van der Waals surface area contributed by atoms with Gasteiger partial charge in [0.2, 0.25) is 11.8 Å². The molecule has 0 spiro atoms. The maximum absolute atomic E-state index is 11.6. The Kier molecular flexibility index (Phi) is 22.3. The first-order chi connectivity index (χ1) is 39.4. The number of imidazole rings is 5. The van der Waals surface area contributed by atoms with Crippen LogP contribution in [0.2, 0.25) is 0 Å². The Hall–Kier alpha value is -8.43. The third-order valence-corrected chi connectivity index (χ3v) is 13.1. The number of rotatable bonds is 10. The number of halogens is 5. The van der Waals surface area contributed by atoms with Gasteiger partial charge in [-0.3, -0.25) is 20.4 Å². The highest BCUT2D eigenvalue weighted by Crippen LogP contribution is 2.22. The molecule has 11 rings (SSSR count). The largest absolute Gasteiger partial charge is 0.476 e. The number of ether oxygens (including phenoxy) is 1. The van der Waals surface area contributed by atoms with Crippen LogP contribution in [-0.4, -0.2) is 93.4 Å². The lowest BCUT2D eigenvalue weighted by atomic mass is 10.3. The number of nitrogens with zero attached hydrogens (tertiary/aromatic N) is 12. The average Bonchev–Trinajstić information content (AvgIpc) is 4.35. The van der Waals surface area contributed by atoms with E-state index in [4.69, 9.17) is 14.3 Å². The van der Waals surface area contributed by atoms with Crippen molar-refractivity contribution in [3.05, 3.63) is 235 Å². The van der Waals surface area contributed by atoms with Gasteiger partial charge < -0.3 is 37.1 Å². The predicted molar refractivity (Wildman–Crippen MR) is 323 cm³/mol. The van der Waals surface area contributed by atoms with Crippen LogP contribution >= 0.6 is 79.6 Å². The molecule has 6 aromatic heterocycles. The van der Waals surface area contributed by atoms with Gasteiger partial charge in [-0.2, -0.15) is 0 Å². The molecule has 0 saturated heterocycles. The molecule has 3 N–H and O–H groups in total. The van der Waals surface area contributed by atoms with Gasteiger partial charge in [0.15, 0.2) is 11.4 Å². The van der Waals surface area contributed by atoms with E-state index in [2.05, 4.69) is 132 Å². The molecule has 418 valence electrons. The van der Waals surface area contributed by atoms with E-state index in [1.165, 1.54) is 25.8 Å². The standard InChI is InChI=1S/C12H11BrN4O2.C12H9BrN4O.C12H11BrN2O2.C10H7BrN2O2.C10H9BrN2/c1-8(18)15-16-12(19)11-6-17(7-14-11)10-4-2-3-9(13)5-10;1-8-15-16-12(18-8)11-6-17(7-14-11)10-4-2-3-9(13)5-10;1-2-17-12(16)11-7-15(8-14-11)10-5-3-4-9(13)6-10;11-7-2-1-3-8(4-7)13-5-9(10(14)15)12-6-13;1-8-6-13(7-12-8)10-4-2-3-9(11)5-10/h2-7H,1H3,(H,15,18)(H,16,19);2-7H,1H3;3-8H,2H2,1H3;1-6H,(H,14,15);2-7H,1H3. The molecule has 0 saturated carbocycles. The Morgan fingerprint density at radius 3 is 1.28 bits per heavy atom. The molecular weight excluding hydrogens is 1380 g/mol. The molecule has 2 amide bonds. The van der Waals surface area contributed by atoms with Gasteiger partial charge in [0.1, 0.15) is 36.7 Å². The number of carboxylic acid groups (broad SMARTS) is 1. The maximum atomic E-state index is 11.6. The highest BCUT2D eigenvalue weighted by molar-refractivity contribution is 9.11. The molecule has 6 heterocycles. The van der Waals surface area contributed by atoms with Gasteiger partial charge >= 0.3 is 11.9 Å². The first-order valence-corrected chi connectivity index (χ1v) is 28.1. The van der Waals surface area contributed by atoms with Crippen molar-refractivity contribution in [2.24, 2.45) is 0 Å². The van der Waals surface area contributed by atoms with Crippen LogP contribution in [0.3, 0.4) is 0 Å². The number of esters is 1. The zero-order valence-corrected chi connectivity index (χ0v) is 51.6. The fourth-order valence-electron chi connectivity index (χ4n) is 6.86. The topological polar surface area (TPSA) is 250 Å². The van der Waals surface area contributed by atoms with Crippen molar-refractivity contribution in [2.45, 2.75) is 27.7 Å². The Morgan fingerprint density at radius 2 is 0.902 bits per heavy atom. The monoisotopic (exact) mass is 1420 g/mol. The van der Waals surface area contributed by atoms with Crippen LogP contribution in [0, 0.1) is 13.8 Å². The van der Waals surface area contributed by atoms with Crippen molar-refractivity contribution in [3.8, 4) is 40.0 Å². The van der Waals surface area contributed by atoms with Gasteiger partial charge in [-0.05, 0) is 105 Å². The van der Waals surface area contributed by atoms with Crippen LogP contribution in [0.15, 0.2) is 211 Å². The van der Waals surface area contributed by atoms with E-state index in [0.29, 0.717) is 29.8 Å². The lowest BCUT2D eigenvalue weighted by Crippen LogP contribution is -2.40. The zero-order valence-electron chi connectivity index (χ0n) is 43.7. The molecule has 26 heteroatoms. The first-order valence-electron chi connectivity index (χ1n) is 24.1. The summed E-state index contributed by atoms with van der Waals surface area (Å²) in [6.07, 6.45) is 16.7. The van der Waals surface area contributed by atoms with E-state index in [1.54, 1.807) is 52.6 Å². The normalized spacial score (nSPS) is 10.3. The molecule has 0 bridgehead atoms. The van der Waals surface area contributed by atoms with Crippen LogP contribution in [0.4, 0.5) is 0 Å². The minimum atomic E-state index is -1.02. The summed E-state index contributed by atoms with van der Waals surface area (Å²) in [5.41, 5.74) is 11.5. The van der Waals surface area contributed by atoms with E-state index < -0.39 is 17.8 Å². The van der Waals surface area contributed by atoms with Gasteiger partial charge in [-0.25, -0.2) is 34.5 Å². The zero-order chi connectivity index (χ0) is 58.7. The number of nitrogens with one attached hydrogen (secondary N) is 2. The van der Waals surface area contributed by atoms with E-state index in [9.17, 15) is 19.2 Å². The highest BCUT2D eigenvalue weighted by Gasteiger charge is 2.13. The van der Waals surface area contributed by atoms with Crippen LogP contribution < -0.4 is 10.9 Å². The number of hydrazine groups is 1. The number of benzene rings is 5. The van der Waals surface area contributed by atoms with Crippen LogP contribution in [-0.2, 0) is 9.53 Å². The minimum absolute atomic E-state index is 0.0370. The molecule has 0 unspecified atom stereocenters. The van der Waals surface area contributed by atoms with Gasteiger partial charge in [-0.1, -0.05) is 110 Å². The van der Waals surface area contributed by atoms with Crippen LogP contribution in [0.5, 0.6) is 0 Å². The summed E-state index contributed by atoms with van der Waals surface area (Å²) in [7, 11) is 0. The summed E-state index contributed by atoms with van der Waals surface area (Å²) in [5, 5.41) is 16.4. The summed E-state index contributed by atoms with van der Waals surface area (Å²) >= 11 is 17.0. The van der Waals surface area contributed by atoms with E-state index in [-0.39, 0.29) is 17.3 Å². The van der Waals surface area contributed by atoms with E-state index >= 15 is 0 Å². The summed E-state index contributed by atoms with van der Waals surface area (Å²) in [5.74, 6) is -1.28. The molecular formula is C56H47Br5N14O7. The molecule has 11 aromatic rings. The molecule has 0 aliphatic rings. The van der Waals surface area contributed by atoms with Crippen molar-refractivity contribution in [1.82, 2.24) is 68.8 Å². The summed E-state index contributed by atoms with van der Waals surface area (Å²) < 4.78 is 24.2. The second-order valence-corrected chi connectivity index (χ2v) is 21.4. The number of carboxylic acids is 1. The second kappa shape index (κ2) is 29.9. The third kappa shape index (κ3) is 18.3. The molecule has 21 nitrogen and oxygen atoms in total. The van der Waals surface area contributed by atoms with Crippen molar-refractivity contribution in [2.75, 3.05) is 6.61 Å². The van der Waals surface area contributed by atoms with Gasteiger partial charge in [0.25, 0.3) is 11.8 Å². The van der Waals surface area contributed by atoms with Crippen LogP contribution in [0.25, 0.3) is 40.0 Å². The number of aryl methyl sites for hydroxylation is 2. The van der Waals surface area contributed by atoms with Crippen molar-refractivity contribution in [3.63, 3.8) is 0 Å². The van der Waals surface area contributed by atoms with Crippen molar-refractivity contribution >= 4 is 103 Å². The minimum Gasteiger partial charge on any atom is -0.476 e. The molecule has 82 heavy (non-hydrogen) atoms. The summed E-state index contributed by atoms with van der Waals surface area (Å²) in [6.45, 7) is 7.16.